The first kappa shape index (κ1) is 14.7. The molecule has 0 radical (unpaired) electrons. The van der Waals surface area contributed by atoms with Crippen LogP contribution in [0.3, 0.4) is 0 Å². The van der Waals surface area contributed by atoms with Crippen molar-refractivity contribution in [3.8, 4) is 5.75 Å². The number of benzene rings is 2. The Bertz CT molecular complexity index is 677. The lowest BCUT2D eigenvalue weighted by atomic mass is 10.2. The lowest BCUT2D eigenvalue weighted by Crippen LogP contribution is -2.20. The van der Waals surface area contributed by atoms with Crippen molar-refractivity contribution in [1.82, 2.24) is 0 Å². The summed E-state index contributed by atoms with van der Waals surface area (Å²) in [5, 5.41) is 2.41. The summed E-state index contributed by atoms with van der Waals surface area (Å²) < 4.78 is 43.5. The van der Waals surface area contributed by atoms with E-state index in [1.807, 2.05) is 0 Å². The summed E-state index contributed by atoms with van der Waals surface area (Å²) in [5.74, 6) is -3.17. The SMILES string of the molecule is Nc1cc(F)ccc1NC(=O)COc1ccc(F)c(F)c1. The third kappa shape index (κ3) is 3.88. The van der Waals surface area contributed by atoms with E-state index in [-0.39, 0.29) is 17.1 Å². The van der Waals surface area contributed by atoms with Crippen molar-refractivity contribution < 1.29 is 22.7 Å². The lowest BCUT2D eigenvalue weighted by molar-refractivity contribution is -0.118. The lowest BCUT2D eigenvalue weighted by Gasteiger charge is -2.09. The van der Waals surface area contributed by atoms with Gasteiger partial charge in [0, 0.05) is 6.07 Å². The molecule has 0 atom stereocenters. The van der Waals surface area contributed by atoms with Gasteiger partial charge in [-0.15, -0.1) is 0 Å². The fraction of sp³-hybridized carbons (Fsp3) is 0.0714. The first-order chi connectivity index (χ1) is 9.95. The van der Waals surface area contributed by atoms with Gasteiger partial charge in [-0.05, 0) is 30.3 Å². The summed E-state index contributed by atoms with van der Waals surface area (Å²) in [6.07, 6.45) is 0. The molecule has 2 aromatic rings. The van der Waals surface area contributed by atoms with E-state index in [4.69, 9.17) is 10.5 Å². The van der Waals surface area contributed by atoms with Crippen molar-refractivity contribution in [3.05, 3.63) is 53.8 Å². The minimum atomic E-state index is -1.07. The Kier molecular flexibility index (Phi) is 4.32. The summed E-state index contributed by atoms with van der Waals surface area (Å²) in [5.41, 5.74) is 5.82. The molecule has 0 aromatic heterocycles. The minimum Gasteiger partial charge on any atom is -0.484 e. The van der Waals surface area contributed by atoms with Crippen LogP contribution in [0.25, 0.3) is 0 Å². The van der Waals surface area contributed by atoms with E-state index in [0.717, 1.165) is 24.3 Å². The number of carbonyl (C=O) groups excluding carboxylic acids is 1. The highest BCUT2D eigenvalue weighted by Crippen LogP contribution is 2.19. The molecule has 3 N–H and O–H groups in total. The molecule has 110 valence electrons. The quantitative estimate of drug-likeness (QED) is 0.853. The summed E-state index contributed by atoms with van der Waals surface area (Å²) in [7, 11) is 0. The Hall–Kier alpha value is -2.70. The number of ether oxygens (including phenoxy) is 1. The molecule has 0 aliphatic heterocycles. The maximum atomic E-state index is 12.9. The molecule has 0 aliphatic rings. The van der Waals surface area contributed by atoms with Crippen LogP contribution < -0.4 is 15.8 Å². The monoisotopic (exact) mass is 296 g/mol. The number of hydrogen-bond acceptors (Lipinski definition) is 3. The standard InChI is InChI=1S/C14H11F3N2O2/c15-8-1-4-13(12(18)5-8)19-14(20)7-21-9-2-3-10(16)11(17)6-9/h1-6H,7,18H2,(H,19,20). The molecule has 0 spiro atoms. The fourth-order valence-electron chi connectivity index (χ4n) is 1.55. The number of carbonyl (C=O) groups is 1. The molecule has 2 aromatic carbocycles. The molecule has 0 fully saturated rings. The molecule has 2 rings (SSSR count). The smallest absolute Gasteiger partial charge is 0.262 e. The van der Waals surface area contributed by atoms with Crippen molar-refractivity contribution in [3.63, 3.8) is 0 Å². The van der Waals surface area contributed by atoms with Gasteiger partial charge in [-0.3, -0.25) is 4.79 Å². The summed E-state index contributed by atoms with van der Waals surface area (Å²) in [6.45, 7) is -0.429. The van der Waals surface area contributed by atoms with Crippen molar-refractivity contribution in [2.45, 2.75) is 0 Å². The van der Waals surface area contributed by atoms with Gasteiger partial charge >= 0.3 is 0 Å². The Morgan fingerprint density at radius 3 is 2.52 bits per heavy atom. The van der Waals surface area contributed by atoms with E-state index in [9.17, 15) is 18.0 Å². The van der Waals surface area contributed by atoms with Crippen LogP contribution in [0.15, 0.2) is 36.4 Å². The molecule has 21 heavy (non-hydrogen) atoms. The summed E-state index contributed by atoms with van der Waals surface area (Å²) in [6, 6.07) is 6.42. The van der Waals surface area contributed by atoms with Crippen LogP contribution in [0.1, 0.15) is 0 Å². The second kappa shape index (κ2) is 6.17. The van der Waals surface area contributed by atoms with E-state index in [1.54, 1.807) is 0 Å². The van der Waals surface area contributed by atoms with Crippen LogP contribution in [0, 0.1) is 17.5 Å². The van der Waals surface area contributed by atoms with Gasteiger partial charge in [0.15, 0.2) is 18.2 Å². The number of nitrogens with two attached hydrogens (primary N) is 1. The molecular formula is C14H11F3N2O2. The zero-order valence-corrected chi connectivity index (χ0v) is 10.7. The Labute approximate surface area is 118 Å². The van der Waals surface area contributed by atoms with Crippen molar-refractivity contribution >= 4 is 17.3 Å². The van der Waals surface area contributed by atoms with Crippen LogP contribution in [0.2, 0.25) is 0 Å². The molecule has 1 amide bonds. The second-order valence-corrected chi connectivity index (χ2v) is 4.14. The van der Waals surface area contributed by atoms with E-state index in [1.165, 1.54) is 12.1 Å². The van der Waals surface area contributed by atoms with Gasteiger partial charge in [0.05, 0.1) is 11.4 Å². The second-order valence-electron chi connectivity index (χ2n) is 4.14. The van der Waals surface area contributed by atoms with E-state index in [0.29, 0.717) is 0 Å². The van der Waals surface area contributed by atoms with Gasteiger partial charge in [-0.25, -0.2) is 13.2 Å². The average molecular weight is 296 g/mol. The highest BCUT2D eigenvalue weighted by atomic mass is 19.2. The van der Waals surface area contributed by atoms with Crippen LogP contribution in [0.4, 0.5) is 24.5 Å². The van der Waals surface area contributed by atoms with Gasteiger partial charge in [0.2, 0.25) is 0 Å². The minimum absolute atomic E-state index is 0.0103. The molecule has 0 unspecified atom stereocenters. The third-order valence-corrected chi connectivity index (χ3v) is 2.55. The zero-order chi connectivity index (χ0) is 15.4. The highest BCUT2D eigenvalue weighted by molar-refractivity contribution is 5.94. The van der Waals surface area contributed by atoms with Crippen molar-refractivity contribution in [2.75, 3.05) is 17.7 Å². The summed E-state index contributed by atoms with van der Waals surface area (Å²) in [4.78, 5) is 11.6. The Balaban J connectivity index is 1.94. The maximum absolute atomic E-state index is 12.9. The summed E-state index contributed by atoms with van der Waals surface area (Å²) >= 11 is 0. The molecule has 0 bridgehead atoms. The maximum Gasteiger partial charge on any atom is 0.262 e. The number of nitrogen functional groups attached to an aromatic ring is 1. The number of halogens is 3. The van der Waals surface area contributed by atoms with Gasteiger partial charge in [0.25, 0.3) is 5.91 Å². The molecule has 0 saturated carbocycles. The van der Waals surface area contributed by atoms with Crippen LogP contribution >= 0.6 is 0 Å². The van der Waals surface area contributed by atoms with Crippen molar-refractivity contribution in [2.24, 2.45) is 0 Å². The van der Waals surface area contributed by atoms with E-state index >= 15 is 0 Å². The molecule has 7 heteroatoms. The van der Waals surface area contributed by atoms with Crippen LogP contribution in [-0.2, 0) is 4.79 Å². The Morgan fingerprint density at radius 1 is 1.10 bits per heavy atom. The van der Waals surface area contributed by atoms with E-state index < -0.39 is 30.0 Å². The van der Waals surface area contributed by atoms with Gasteiger partial charge in [0.1, 0.15) is 11.6 Å². The number of amides is 1. The number of rotatable bonds is 4. The van der Waals surface area contributed by atoms with Gasteiger partial charge in [-0.1, -0.05) is 0 Å². The van der Waals surface area contributed by atoms with Crippen molar-refractivity contribution in [1.29, 1.82) is 0 Å². The molecule has 0 aliphatic carbocycles. The van der Waals surface area contributed by atoms with Gasteiger partial charge in [-0.2, -0.15) is 0 Å². The third-order valence-electron chi connectivity index (χ3n) is 2.55. The normalized spacial score (nSPS) is 10.2. The first-order valence-corrected chi connectivity index (χ1v) is 5.88. The Morgan fingerprint density at radius 2 is 1.86 bits per heavy atom. The van der Waals surface area contributed by atoms with E-state index in [2.05, 4.69) is 5.32 Å². The number of anilines is 2. The molecule has 4 nitrogen and oxygen atoms in total. The van der Waals surface area contributed by atoms with Crippen LogP contribution in [0.5, 0.6) is 5.75 Å². The largest absolute Gasteiger partial charge is 0.484 e. The number of hydrogen-bond donors (Lipinski definition) is 2. The molecular weight excluding hydrogens is 285 g/mol. The average Bonchev–Trinajstić information content (AvgIpc) is 2.43. The van der Waals surface area contributed by atoms with Gasteiger partial charge < -0.3 is 15.8 Å². The number of nitrogens with one attached hydrogen (secondary N) is 1. The highest BCUT2D eigenvalue weighted by Gasteiger charge is 2.08. The molecule has 0 heterocycles. The fourth-order valence-corrected chi connectivity index (χ4v) is 1.55. The predicted molar refractivity (Wildman–Crippen MR) is 71.3 cm³/mol. The van der Waals surface area contributed by atoms with Crippen LogP contribution in [-0.4, -0.2) is 12.5 Å². The first-order valence-electron chi connectivity index (χ1n) is 5.88. The topological polar surface area (TPSA) is 64.3 Å². The zero-order valence-electron chi connectivity index (χ0n) is 10.7. The predicted octanol–water partition coefficient (Wildman–Crippen LogP) is 2.70. The molecule has 0 saturated heterocycles.